The number of hydrogen-bond acceptors (Lipinski definition) is 3. The Labute approximate surface area is 159 Å². The third-order valence-corrected chi connectivity index (χ3v) is 5.62. The van der Waals surface area contributed by atoms with Gasteiger partial charge in [0.1, 0.15) is 11.3 Å². The third-order valence-electron chi connectivity index (χ3n) is 5.62. The zero-order chi connectivity index (χ0) is 18.8. The largest absolute Gasteiger partial charge is 0.349 e. The van der Waals surface area contributed by atoms with Gasteiger partial charge in [-0.3, -0.25) is 9.36 Å². The first-order valence-electron chi connectivity index (χ1n) is 9.91. The molecule has 140 valence electrons. The molecule has 1 aliphatic rings. The van der Waals surface area contributed by atoms with Crippen LogP contribution in [-0.2, 0) is 6.42 Å². The molecule has 2 aromatic heterocycles. The second-order valence-corrected chi connectivity index (χ2v) is 7.45. The quantitative estimate of drug-likeness (QED) is 0.753. The molecule has 5 nitrogen and oxygen atoms in total. The summed E-state index contributed by atoms with van der Waals surface area (Å²) in [5.74, 6) is 1.54. The number of nitrogens with one attached hydrogen (secondary N) is 1. The summed E-state index contributed by atoms with van der Waals surface area (Å²) in [6, 6.07) is 11.9. The number of rotatable bonds is 4. The lowest BCUT2D eigenvalue weighted by Gasteiger charge is -2.29. The lowest BCUT2D eigenvalue weighted by molar-refractivity contribution is 0.0910. The Balaban J connectivity index is 1.58. The molecule has 1 N–H and O–H groups in total. The van der Waals surface area contributed by atoms with Gasteiger partial charge in [-0.1, -0.05) is 26.7 Å². The highest BCUT2D eigenvalue weighted by Crippen LogP contribution is 2.24. The zero-order valence-corrected chi connectivity index (χ0v) is 16.0. The van der Waals surface area contributed by atoms with Crippen molar-refractivity contribution in [3.63, 3.8) is 0 Å². The molecule has 1 aliphatic carbocycles. The molecular weight excluding hydrogens is 336 g/mol. The Kier molecular flexibility index (Phi) is 4.92. The van der Waals surface area contributed by atoms with E-state index in [1.54, 1.807) is 6.20 Å². The summed E-state index contributed by atoms with van der Waals surface area (Å²) in [4.78, 5) is 21.8. The average Bonchev–Trinajstić information content (AvgIpc) is 3.08. The van der Waals surface area contributed by atoms with Crippen molar-refractivity contribution in [1.82, 2.24) is 19.9 Å². The van der Waals surface area contributed by atoms with Crippen molar-refractivity contribution in [3.05, 3.63) is 54.0 Å². The van der Waals surface area contributed by atoms with Crippen LogP contribution in [-0.4, -0.2) is 26.5 Å². The van der Waals surface area contributed by atoms with Crippen molar-refractivity contribution in [2.24, 2.45) is 5.92 Å². The van der Waals surface area contributed by atoms with E-state index >= 15 is 0 Å². The molecule has 1 fully saturated rings. The molecule has 2 heterocycles. The lowest BCUT2D eigenvalue weighted by atomic mass is 9.86. The highest BCUT2D eigenvalue weighted by molar-refractivity contribution is 5.94. The van der Waals surface area contributed by atoms with E-state index in [4.69, 9.17) is 0 Å². The van der Waals surface area contributed by atoms with Gasteiger partial charge in [0.15, 0.2) is 5.65 Å². The Morgan fingerprint density at radius 3 is 2.70 bits per heavy atom. The summed E-state index contributed by atoms with van der Waals surface area (Å²) >= 11 is 0. The van der Waals surface area contributed by atoms with Crippen LogP contribution in [0.4, 0.5) is 0 Å². The van der Waals surface area contributed by atoms with Gasteiger partial charge in [0.2, 0.25) is 0 Å². The second kappa shape index (κ2) is 7.51. The number of nitrogens with zero attached hydrogens (tertiary/aromatic N) is 3. The van der Waals surface area contributed by atoms with Crippen molar-refractivity contribution in [3.8, 4) is 5.69 Å². The maximum Gasteiger partial charge on any atom is 0.251 e. The van der Waals surface area contributed by atoms with Crippen LogP contribution in [0, 0.1) is 5.92 Å². The second-order valence-electron chi connectivity index (χ2n) is 7.45. The molecule has 0 bridgehead atoms. The molecule has 2 atom stereocenters. The summed E-state index contributed by atoms with van der Waals surface area (Å²) in [6.07, 6.45) is 7.36. The molecule has 5 heteroatoms. The maximum atomic E-state index is 12.6. The number of carbonyl (C=O) groups is 1. The van der Waals surface area contributed by atoms with Gasteiger partial charge in [-0.05, 0) is 55.2 Å². The number of amides is 1. The third kappa shape index (κ3) is 3.46. The average molecular weight is 362 g/mol. The molecule has 0 unspecified atom stereocenters. The first-order valence-corrected chi connectivity index (χ1v) is 9.91. The molecule has 0 saturated heterocycles. The molecule has 27 heavy (non-hydrogen) atoms. The smallest absolute Gasteiger partial charge is 0.251 e. The van der Waals surface area contributed by atoms with E-state index in [2.05, 4.69) is 33.7 Å². The highest BCUT2D eigenvalue weighted by atomic mass is 16.1. The fourth-order valence-corrected chi connectivity index (χ4v) is 4.01. The molecular formula is C22H26N4O. The summed E-state index contributed by atoms with van der Waals surface area (Å²) < 4.78 is 2.07. The van der Waals surface area contributed by atoms with Gasteiger partial charge in [0, 0.05) is 29.9 Å². The number of hydrogen-bond donors (Lipinski definition) is 1. The number of aryl methyl sites for hydroxylation is 1. The fourth-order valence-electron chi connectivity index (χ4n) is 4.01. The maximum absolute atomic E-state index is 12.6. The Morgan fingerprint density at radius 1 is 1.19 bits per heavy atom. The van der Waals surface area contributed by atoms with Crippen molar-refractivity contribution in [2.45, 2.75) is 52.0 Å². The summed E-state index contributed by atoms with van der Waals surface area (Å²) in [7, 11) is 0. The van der Waals surface area contributed by atoms with E-state index in [-0.39, 0.29) is 5.91 Å². The van der Waals surface area contributed by atoms with Gasteiger partial charge < -0.3 is 5.32 Å². The lowest BCUT2D eigenvalue weighted by Crippen LogP contribution is -2.41. The van der Waals surface area contributed by atoms with E-state index in [0.29, 0.717) is 17.5 Å². The van der Waals surface area contributed by atoms with E-state index < -0.39 is 0 Å². The van der Waals surface area contributed by atoms with E-state index in [1.165, 1.54) is 19.3 Å². The molecule has 3 aromatic rings. The first-order chi connectivity index (χ1) is 13.2. The minimum Gasteiger partial charge on any atom is -0.349 e. The molecule has 1 aromatic carbocycles. The van der Waals surface area contributed by atoms with Crippen LogP contribution in [0.2, 0.25) is 0 Å². The molecule has 0 aliphatic heterocycles. The minimum absolute atomic E-state index is 0.0182. The van der Waals surface area contributed by atoms with E-state index in [9.17, 15) is 4.79 Å². The monoisotopic (exact) mass is 362 g/mol. The van der Waals surface area contributed by atoms with E-state index in [1.807, 2.05) is 36.4 Å². The SMILES string of the molecule is CCc1nc2cccnc2n1-c1ccc(C(=O)N[C@@H]2CCCC[C@H]2C)cc1. The van der Waals surface area contributed by atoms with Crippen LogP contribution >= 0.6 is 0 Å². The predicted octanol–water partition coefficient (Wildman–Crippen LogP) is 4.29. The molecule has 1 saturated carbocycles. The molecule has 0 spiro atoms. The van der Waals surface area contributed by atoms with Crippen LogP contribution in [0.25, 0.3) is 16.9 Å². The van der Waals surface area contributed by atoms with Crippen LogP contribution < -0.4 is 5.32 Å². The van der Waals surface area contributed by atoms with E-state index in [0.717, 1.165) is 35.5 Å². The number of imidazole rings is 1. The van der Waals surface area contributed by atoms with Crippen LogP contribution in [0.15, 0.2) is 42.6 Å². The van der Waals surface area contributed by atoms with Gasteiger partial charge in [-0.15, -0.1) is 0 Å². The van der Waals surface area contributed by atoms with Crippen molar-refractivity contribution in [1.29, 1.82) is 0 Å². The Hall–Kier alpha value is -2.69. The van der Waals surface area contributed by atoms with Gasteiger partial charge in [-0.25, -0.2) is 9.97 Å². The van der Waals surface area contributed by atoms with Gasteiger partial charge in [0.05, 0.1) is 0 Å². The number of benzene rings is 1. The minimum atomic E-state index is 0.0182. The zero-order valence-electron chi connectivity index (χ0n) is 16.0. The molecule has 1 amide bonds. The van der Waals surface area contributed by atoms with Crippen molar-refractivity contribution < 1.29 is 4.79 Å². The number of aromatic nitrogens is 3. The number of fused-ring (bicyclic) bond motifs is 1. The fraction of sp³-hybridized carbons (Fsp3) is 0.409. The predicted molar refractivity (Wildman–Crippen MR) is 107 cm³/mol. The Bertz CT molecular complexity index is 945. The molecule has 4 rings (SSSR count). The highest BCUT2D eigenvalue weighted by Gasteiger charge is 2.23. The standard InChI is InChI=1S/C22H26N4O/c1-3-20-24-19-9-6-14-23-21(19)26(20)17-12-10-16(11-13-17)22(27)25-18-8-5-4-7-15(18)2/h6,9-15,18H,3-5,7-8H2,1-2H3,(H,25,27)/t15-,18-/m1/s1. The summed E-state index contributed by atoms with van der Waals surface area (Å²) in [5.41, 5.74) is 3.42. The van der Waals surface area contributed by atoms with Crippen LogP contribution in [0.5, 0.6) is 0 Å². The van der Waals surface area contributed by atoms with Crippen LogP contribution in [0.3, 0.4) is 0 Å². The molecule has 0 radical (unpaired) electrons. The van der Waals surface area contributed by atoms with Gasteiger partial charge >= 0.3 is 0 Å². The number of carbonyl (C=O) groups excluding carboxylic acids is 1. The Morgan fingerprint density at radius 2 is 1.96 bits per heavy atom. The summed E-state index contributed by atoms with van der Waals surface area (Å²) in [5, 5.41) is 3.22. The number of pyridine rings is 1. The van der Waals surface area contributed by atoms with Crippen molar-refractivity contribution >= 4 is 17.1 Å². The van der Waals surface area contributed by atoms with Gasteiger partial charge in [-0.2, -0.15) is 0 Å². The first kappa shape index (κ1) is 17.7. The normalized spacial score (nSPS) is 19.9. The van der Waals surface area contributed by atoms with Crippen LogP contribution in [0.1, 0.15) is 55.7 Å². The summed E-state index contributed by atoms with van der Waals surface area (Å²) in [6.45, 7) is 4.32. The topological polar surface area (TPSA) is 59.8 Å². The van der Waals surface area contributed by atoms with Crippen molar-refractivity contribution in [2.75, 3.05) is 0 Å². The van der Waals surface area contributed by atoms with Gasteiger partial charge in [0.25, 0.3) is 5.91 Å².